The second-order valence-corrected chi connectivity index (χ2v) is 7.02. The van der Waals surface area contributed by atoms with Crippen LogP contribution in [0.1, 0.15) is 42.7 Å². The van der Waals surface area contributed by atoms with Crippen LogP contribution in [0.5, 0.6) is 0 Å². The molecule has 1 saturated carbocycles. The molecule has 0 unspecified atom stereocenters. The molecular weight excluding hydrogens is 298 g/mol. The maximum absolute atomic E-state index is 12.4. The lowest BCUT2D eigenvalue weighted by molar-refractivity contribution is 0.107. The summed E-state index contributed by atoms with van der Waals surface area (Å²) >= 11 is 0. The van der Waals surface area contributed by atoms with E-state index in [1.54, 1.807) is 6.20 Å². The molecule has 0 bridgehead atoms. The lowest BCUT2D eigenvalue weighted by Gasteiger charge is -2.42. The summed E-state index contributed by atoms with van der Waals surface area (Å²) in [6.07, 6.45) is 8.03. The van der Waals surface area contributed by atoms with Gasteiger partial charge in [-0.05, 0) is 48.8 Å². The Labute approximate surface area is 142 Å². The summed E-state index contributed by atoms with van der Waals surface area (Å²) in [7, 11) is 0. The molecule has 1 aliphatic carbocycles. The van der Waals surface area contributed by atoms with Crippen molar-refractivity contribution < 1.29 is 4.79 Å². The van der Waals surface area contributed by atoms with Crippen molar-refractivity contribution in [2.24, 2.45) is 0 Å². The summed E-state index contributed by atoms with van der Waals surface area (Å²) in [5, 5.41) is 3.07. The Morgan fingerprint density at radius 1 is 1.12 bits per heavy atom. The molecule has 2 fully saturated rings. The van der Waals surface area contributed by atoms with E-state index in [0.717, 1.165) is 37.8 Å². The van der Waals surface area contributed by atoms with Crippen molar-refractivity contribution in [1.82, 2.24) is 15.2 Å². The Morgan fingerprint density at radius 2 is 1.92 bits per heavy atom. The van der Waals surface area contributed by atoms with E-state index in [4.69, 9.17) is 0 Å². The fraction of sp³-hybridized carbons (Fsp3) is 0.400. The van der Waals surface area contributed by atoms with Crippen molar-refractivity contribution >= 4 is 6.03 Å². The van der Waals surface area contributed by atoms with Gasteiger partial charge in [0.2, 0.25) is 0 Å². The third-order valence-corrected chi connectivity index (χ3v) is 5.64. The third kappa shape index (κ3) is 2.77. The number of pyridine rings is 1. The van der Waals surface area contributed by atoms with Gasteiger partial charge in [-0.1, -0.05) is 36.4 Å². The molecule has 2 aliphatic rings. The maximum atomic E-state index is 12.4. The lowest BCUT2D eigenvalue weighted by atomic mass is 9.73. The number of carbonyl (C=O) groups is 1. The normalized spacial score (nSPS) is 26.6. The molecule has 1 N–H and O–H groups in total. The number of carbonyl (C=O) groups excluding carboxylic acids is 1. The number of urea groups is 1. The van der Waals surface area contributed by atoms with Gasteiger partial charge < -0.3 is 10.2 Å². The number of nitrogens with zero attached hydrogens (tertiary/aromatic N) is 2. The van der Waals surface area contributed by atoms with E-state index in [9.17, 15) is 4.79 Å². The summed E-state index contributed by atoms with van der Waals surface area (Å²) in [5.74, 6) is 0.618. The first-order valence-electron chi connectivity index (χ1n) is 8.76. The summed E-state index contributed by atoms with van der Waals surface area (Å²) in [5.41, 5.74) is 2.50. The molecular formula is C20H23N3O. The lowest BCUT2D eigenvalue weighted by Crippen LogP contribution is -2.48. The molecule has 2 aromatic rings. The molecule has 4 rings (SSSR count). The van der Waals surface area contributed by atoms with E-state index in [1.807, 2.05) is 23.2 Å². The van der Waals surface area contributed by atoms with Crippen LogP contribution < -0.4 is 5.32 Å². The topological polar surface area (TPSA) is 45.2 Å². The number of nitrogens with one attached hydrogen (secondary N) is 1. The van der Waals surface area contributed by atoms with Gasteiger partial charge >= 0.3 is 6.03 Å². The van der Waals surface area contributed by atoms with Crippen molar-refractivity contribution in [2.75, 3.05) is 6.54 Å². The number of rotatable bonds is 3. The number of hydrogen-bond donors (Lipinski definition) is 1. The van der Waals surface area contributed by atoms with Gasteiger partial charge in [0.05, 0.1) is 5.54 Å². The van der Waals surface area contributed by atoms with E-state index in [2.05, 4.69) is 40.6 Å². The van der Waals surface area contributed by atoms with Crippen LogP contribution in [-0.2, 0) is 6.54 Å². The predicted octanol–water partition coefficient (Wildman–Crippen LogP) is 3.70. The zero-order valence-electron chi connectivity index (χ0n) is 13.8. The first-order valence-corrected chi connectivity index (χ1v) is 8.76. The number of hydrogen-bond acceptors (Lipinski definition) is 2. The van der Waals surface area contributed by atoms with Crippen molar-refractivity contribution in [1.29, 1.82) is 0 Å². The molecule has 4 heteroatoms. The summed E-state index contributed by atoms with van der Waals surface area (Å²) in [6.45, 7) is 1.42. The Morgan fingerprint density at radius 3 is 2.62 bits per heavy atom. The fourth-order valence-corrected chi connectivity index (χ4v) is 4.22. The van der Waals surface area contributed by atoms with Gasteiger partial charge in [-0.2, -0.15) is 0 Å². The van der Waals surface area contributed by atoms with Crippen LogP contribution in [0.2, 0.25) is 0 Å². The quantitative estimate of drug-likeness (QED) is 0.937. The van der Waals surface area contributed by atoms with Gasteiger partial charge in [-0.15, -0.1) is 0 Å². The molecule has 1 aliphatic heterocycles. The Kier molecular flexibility index (Phi) is 3.97. The van der Waals surface area contributed by atoms with Crippen LogP contribution in [0.15, 0.2) is 54.9 Å². The Balaban J connectivity index is 1.49. The molecule has 2 amide bonds. The molecule has 0 radical (unpaired) electrons. The van der Waals surface area contributed by atoms with Crippen LogP contribution in [0, 0.1) is 0 Å². The highest BCUT2D eigenvalue weighted by atomic mass is 16.2. The van der Waals surface area contributed by atoms with E-state index >= 15 is 0 Å². The van der Waals surface area contributed by atoms with Crippen LogP contribution in [0.4, 0.5) is 4.79 Å². The minimum absolute atomic E-state index is 0.0296. The average molecular weight is 321 g/mol. The molecule has 1 saturated heterocycles. The summed E-state index contributed by atoms with van der Waals surface area (Å²) in [4.78, 5) is 18.6. The van der Waals surface area contributed by atoms with Gasteiger partial charge in [-0.3, -0.25) is 4.98 Å². The number of amides is 2. The fourth-order valence-electron chi connectivity index (χ4n) is 4.22. The first kappa shape index (κ1) is 15.2. The maximum Gasteiger partial charge on any atom is 0.318 e. The molecule has 2 heterocycles. The largest absolute Gasteiger partial charge is 0.336 e. The van der Waals surface area contributed by atoms with E-state index in [0.29, 0.717) is 12.5 Å². The highest BCUT2D eigenvalue weighted by molar-refractivity contribution is 5.78. The van der Waals surface area contributed by atoms with Gasteiger partial charge in [-0.25, -0.2) is 4.79 Å². The number of benzene rings is 1. The van der Waals surface area contributed by atoms with Crippen LogP contribution in [-0.4, -0.2) is 28.0 Å². The van der Waals surface area contributed by atoms with Gasteiger partial charge in [0, 0.05) is 25.5 Å². The van der Waals surface area contributed by atoms with Crippen LogP contribution in [0.3, 0.4) is 0 Å². The third-order valence-electron chi connectivity index (χ3n) is 5.64. The van der Waals surface area contributed by atoms with Crippen LogP contribution >= 0.6 is 0 Å². The molecule has 1 aromatic carbocycles. The minimum atomic E-state index is -0.0296. The van der Waals surface area contributed by atoms with Gasteiger partial charge in [0.15, 0.2) is 0 Å². The molecule has 24 heavy (non-hydrogen) atoms. The summed E-state index contributed by atoms with van der Waals surface area (Å²) < 4.78 is 0. The van der Waals surface area contributed by atoms with Crippen molar-refractivity contribution in [3.05, 3.63) is 66.0 Å². The zero-order valence-corrected chi connectivity index (χ0v) is 13.8. The smallest absolute Gasteiger partial charge is 0.318 e. The highest BCUT2D eigenvalue weighted by Crippen LogP contribution is 2.43. The van der Waals surface area contributed by atoms with Crippen molar-refractivity contribution in [3.8, 4) is 0 Å². The predicted molar refractivity (Wildman–Crippen MR) is 93.6 cm³/mol. The van der Waals surface area contributed by atoms with Crippen molar-refractivity contribution in [3.63, 3.8) is 0 Å². The first-order chi connectivity index (χ1) is 11.8. The average Bonchev–Trinajstić information content (AvgIpc) is 2.94. The second kappa shape index (κ2) is 6.27. The van der Waals surface area contributed by atoms with E-state index < -0.39 is 0 Å². The summed E-state index contributed by atoms with van der Waals surface area (Å²) in [6, 6.07) is 14.8. The Bertz CT molecular complexity index is 693. The highest BCUT2D eigenvalue weighted by Gasteiger charge is 2.47. The van der Waals surface area contributed by atoms with Crippen LogP contribution in [0.25, 0.3) is 0 Å². The van der Waals surface area contributed by atoms with Gasteiger partial charge in [0.25, 0.3) is 0 Å². The number of aromatic nitrogens is 1. The molecule has 1 spiro atoms. The molecule has 0 atom stereocenters. The Hall–Kier alpha value is -2.36. The molecule has 124 valence electrons. The molecule has 4 nitrogen and oxygen atoms in total. The second-order valence-electron chi connectivity index (χ2n) is 7.02. The standard InChI is InChI=1S/C20H23N3O/c24-19-22-15-20(23(19)14-16-5-4-12-21-13-16)10-8-18(9-11-20)17-6-2-1-3-7-17/h1-7,12-13,18H,8-11,14-15H2,(H,22,24). The SMILES string of the molecule is O=C1NCC2(CCC(c3ccccc3)CC2)N1Cc1cccnc1. The van der Waals surface area contributed by atoms with Gasteiger partial charge in [0.1, 0.15) is 0 Å². The minimum Gasteiger partial charge on any atom is -0.336 e. The monoisotopic (exact) mass is 321 g/mol. The zero-order chi connectivity index (χ0) is 16.4. The van der Waals surface area contributed by atoms with E-state index in [1.165, 1.54) is 5.56 Å². The van der Waals surface area contributed by atoms with Crippen molar-refractivity contribution in [2.45, 2.75) is 43.7 Å². The van der Waals surface area contributed by atoms with E-state index in [-0.39, 0.29) is 11.6 Å². The molecule has 1 aromatic heterocycles.